The zero-order valence-electron chi connectivity index (χ0n) is 16.5. The van der Waals surface area contributed by atoms with Gasteiger partial charge in [-0.1, -0.05) is 24.3 Å². The van der Waals surface area contributed by atoms with Crippen LogP contribution >= 0.6 is 0 Å². The molecule has 0 bridgehead atoms. The van der Waals surface area contributed by atoms with Crippen LogP contribution in [0.1, 0.15) is 30.7 Å². The molecule has 7 heteroatoms. The van der Waals surface area contributed by atoms with Gasteiger partial charge in [0.05, 0.1) is 19.4 Å². The summed E-state index contributed by atoms with van der Waals surface area (Å²) >= 11 is 0. The van der Waals surface area contributed by atoms with Gasteiger partial charge in [-0.2, -0.15) is 0 Å². The van der Waals surface area contributed by atoms with E-state index in [1.807, 2.05) is 0 Å². The Hall–Kier alpha value is -2.80. The zero-order chi connectivity index (χ0) is 20.0. The smallest absolute Gasteiger partial charge is 0.315 e. The average Bonchev–Trinajstić information content (AvgIpc) is 3.22. The number of nitrogens with zero attached hydrogens (tertiary/aromatic N) is 1. The van der Waals surface area contributed by atoms with Gasteiger partial charge in [-0.15, -0.1) is 0 Å². The third-order valence-electron chi connectivity index (χ3n) is 5.12. The van der Waals surface area contributed by atoms with Gasteiger partial charge in [0, 0.05) is 25.2 Å². The van der Waals surface area contributed by atoms with Crippen molar-refractivity contribution in [1.82, 2.24) is 20.9 Å². The maximum Gasteiger partial charge on any atom is 0.315 e. The highest BCUT2D eigenvalue weighted by molar-refractivity contribution is 5.83. The van der Waals surface area contributed by atoms with Gasteiger partial charge in [0.25, 0.3) is 0 Å². The minimum absolute atomic E-state index is 0.0666. The normalized spacial score (nSPS) is 14.2. The molecule has 0 saturated carbocycles. The second kappa shape index (κ2) is 8.93. The van der Waals surface area contributed by atoms with Gasteiger partial charge in [0.1, 0.15) is 5.76 Å². The summed E-state index contributed by atoms with van der Waals surface area (Å²) in [6, 6.07) is 11.6. The lowest BCUT2D eigenvalue weighted by molar-refractivity contribution is -0.120. The Balaban J connectivity index is 1.39. The number of carbonyl (C=O) groups excluding carboxylic acids is 2. The summed E-state index contributed by atoms with van der Waals surface area (Å²) in [4.78, 5) is 26.3. The van der Waals surface area contributed by atoms with Gasteiger partial charge in [0.15, 0.2) is 0 Å². The minimum atomic E-state index is -0.404. The van der Waals surface area contributed by atoms with Crippen LogP contribution in [0.5, 0.6) is 0 Å². The fourth-order valence-corrected chi connectivity index (χ4v) is 3.31. The molecule has 0 spiro atoms. The van der Waals surface area contributed by atoms with E-state index in [9.17, 15) is 9.59 Å². The molecule has 2 heterocycles. The predicted molar refractivity (Wildman–Crippen MR) is 107 cm³/mol. The van der Waals surface area contributed by atoms with E-state index in [2.05, 4.69) is 59.0 Å². The number of urea groups is 1. The molecule has 1 aromatic carbocycles. The van der Waals surface area contributed by atoms with Crippen LogP contribution in [0.4, 0.5) is 4.79 Å². The van der Waals surface area contributed by atoms with Crippen LogP contribution in [-0.4, -0.2) is 42.0 Å². The highest BCUT2D eigenvalue weighted by atomic mass is 16.3. The average molecular weight is 384 g/mol. The van der Waals surface area contributed by atoms with Crippen molar-refractivity contribution in [2.24, 2.45) is 0 Å². The van der Waals surface area contributed by atoms with Crippen molar-refractivity contribution in [2.45, 2.75) is 38.9 Å². The van der Waals surface area contributed by atoms with Crippen molar-refractivity contribution in [3.8, 4) is 0 Å². The largest absolute Gasteiger partial charge is 0.467 e. The van der Waals surface area contributed by atoms with Gasteiger partial charge in [-0.3, -0.25) is 9.69 Å². The maximum absolute atomic E-state index is 12.1. The van der Waals surface area contributed by atoms with Crippen LogP contribution in [-0.2, 0) is 24.3 Å². The molecule has 150 valence electrons. The summed E-state index contributed by atoms with van der Waals surface area (Å²) in [5.41, 5.74) is 2.58. The van der Waals surface area contributed by atoms with Crippen molar-refractivity contribution < 1.29 is 14.0 Å². The molecule has 0 fully saturated rings. The SMILES string of the molecule is CC(C)(CNC(=O)CNC(=O)NCc1ccco1)N1CCc2ccccc2C1. The lowest BCUT2D eigenvalue weighted by Gasteiger charge is -2.41. The van der Waals surface area contributed by atoms with E-state index in [0.29, 0.717) is 12.3 Å². The highest BCUT2D eigenvalue weighted by Gasteiger charge is 2.30. The lowest BCUT2D eigenvalue weighted by atomic mass is 9.94. The molecule has 3 N–H and O–H groups in total. The van der Waals surface area contributed by atoms with E-state index >= 15 is 0 Å². The van der Waals surface area contributed by atoms with Gasteiger partial charge in [0.2, 0.25) is 5.91 Å². The fraction of sp³-hybridized carbons (Fsp3) is 0.429. The maximum atomic E-state index is 12.1. The molecule has 1 aromatic heterocycles. The number of furan rings is 1. The third kappa shape index (κ3) is 5.36. The van der Waals surface area contributed by atoms with E-state index in [1.54, 1.807) is 18.4 Å². The number of carbonyl (C=O) groups is 2. The summed E-state index contributed by atoms with van der Waals surface area (Å²) in [7, 11) is 0. The summed E-state index contributed by atoms with van der Waals surface area (Å²) < 4.78 is 5.14. The zero-order valence-corrected chi connectivity index (χ0v) is 16.5. The topological polar surface area (TPSA) is 86.6 Å². The number of rotatable bonds is 7. The Bertz CT molecular complexity index is 802. The quantitative estimate of drug-likeness (QED) is 0.682. The molecule has 0 radical (unpaired) electrons. The van der Waals surface area contributed by atoms with Crippen molar-refractivity contribution in [2.75, 3.05) is 19.6 Å². The van der Waals surface area contributed by atoms with Gasteiger partial charge >= 0.3 is 6.03 Å². The lowest BCUT2D eigenvalue weighted by Crippen LogP contribution is -2.54. The molecule has 1 aliphatic rings. The summed E-state index contributed by atoms with van der Waals surface area (Å²) in [6.45, 7) is 6.84. The molecule has 3 rings (SSSR count). The molecule has 0 saturated heterocycles. The second-order valence-electron chi connectivity index (χ2n) is 7.65. The summed E-state index contributed by atoms with van der Waals surface area (Å²) in [5.74, 6) is 0.447. The Morgan fingerprint density at radius 3 is 2.61 bits per heavy atom. The van der Waals surface area contributed by atoms with Crippen LogP contribution in [0.3, 0.4) is 0 Å². The first kappa shape index (κ1) is 19.9. The number of benzene rings is 1. The van der Waals surface area contributed by atoms with Crippen molar-refractivity contribution in [3.63, 3.8) is 0 Å². The first-order chi connectivity index (χ1) is 13.4. The van der Waals surface area contributed by atoms with Gasteiger partial charge < -0.3 is 20.4 Å². The molecule has 3 amide bonds. The molecule has 0 aliphatic carbocycles. The highest BCUT2D eigenvalue weighted by Crippen LogP contribution is 2.24. The van der Waals surface area contributed by atoms with Crippen LogP contribution in [0.2, 0.25) is 0 Å². The Kier molecular flexibility index (Phi) is 6.36. The third-order valence-corrected chi connectivity index (χ3v) is 5.12. The van der Waals surface area contributed by atoms with Crippen molar-refractivity contribution >= 4 is 11.9 Å². The summed E-state index contributed by atoms with van der Waals surface area (Å²) in [6.07, 6.45) is 2.57. The Morgan fingerprint density at radius 2 is 1.86 bits per heavy atom. The number of nitrogens with one attached hydrogen (secondary N) is 3. The monoisotopic (exact) mass is 384 g/mol. The van der Waals surface area contributed by atoms with Gasteiger partial charge in [-0.05, 0) is 43.5 Å². The second-order valence-corrected chi connectivity index (χ2v) is 7.65. The van der Waals surface area contributed by atoms with Crippen LogP contribution in [0.25, 0.3) is 0 Å². The first-order valence-corrected chi connectivity index (χ1v) is 9.57. The van der Waals surface area contributed by atoms with Crippen LogP contribution < -0.4 is 16.0 Å². The minimum Gasteiger partial charge on any atom is -0.467 e. The molecule has 7 nitrogen and oxygen atoms in total. The number of fused-ring (bicyclic) bond motifs is 1. The Morgan fingerprint density at radius 1 is 1.07 bits per heavy atom. The van der Waals surface area contributed by atoms with E-state index in [4.69, 9.17) is 4.42 Å². The molecule has 0 atom stereocenters. The van der Waals surface area contributed by atoms with Crippen molar-refractivity contribution in [3.05, 3.63) is 59.5 Å². The molecule has 1 aliphatic heterocycles. The van der Waals surface area contributed by atoms with Crippen LogP contribution in [0, 0.1) is 0 Å². The number of hydrogen-bond acceptors (Lipinski definition) is 4. The molecular weight excluding hydrogens is 356 g/mol. The van der Waals surface area contributed by atoms with E-state index in [1.165, 1.54) is 11.1 Å². The van der Waals surface area contributed by atoms with E-state index in [0.717, 1.165) is 19.5 Å². The van der Waals surface area contributed by atoms with E-state index in [-0.39, 0.29) is 24.5 Å². The van der Waals surface area contributed by atoms with Crippen molar-refractivity contribution in [1.29, 1.82) is 0 Å². The standard InChI is InChI=1S/C21H28N4O3/c1-21(2,25-10-9-16-6-3-4-7-17(16)14-25)15-24-19(26)13-23-20(27)22-12-18-8-5-11-28-18/h3-8,11H,9-10,12-15H2,1-2H3,(H,24,26)(H2,22,23,27). The first-order valence-electron chi connectivity index (χ1n) is 9.57. The fourth-order valence-electron chi connectivity index (χ4n) is 3.31. The number of hydrogen-bond donors (Lipinski definition) is 3. The molecule has 28 heavy (non-hydrogen) atoms. The molecule has 0 unspecified atom stereocenters. The van der Waals surface area contributed by atoms with E-state index < -0.39 is 6.03 Å². The van der Waals surface area contributed by atoms with Crippen LogP contribution in [0.15, 0.2) is 47.1 Å². The number of amides is 3. The Labute approximate surface area is 165 Å². The van der Waals surface area contributed by atoms with Gasteiger partial charge in [-0.25, -0.2) is 4.79 Å². The molecule has 2 aromatic rings. The molecular formula is C21H28N4O3. The predicted octanol–water partition coefficient (Wildman–Crippen LogP) is 2.03. The summed E-state index contributed by atoms with van der Waals surface area (Å²) in [5, 5.41) is 8.13.